The highest BCUT2D eigenvalue weighted by molar-refractivity contribution is 5.21. The Morgan fingerprint density at radius 3 is 2.96 bits per heavy atom. The van der Waals surface area contributed by atoms with E-state index in [9.17, 15) is 0 Å². The van der Waals surface area contributed by atoms with Gasteiger partial charge in [-0.1, -0.05) is 5.16 Å². The standard InChI is InChI=1S/C19H27N3O3/c1-13-16(14(2)25-20-13)11-22-12-18(19-17(22)7-5-9-24-19)21(3)10-15-6-4-8-23-15/h4,6,8,17-19H,5,7,9-12H2,1-3H3/t17-,18-,19+/m1/s1. The van der Waals surface area contributed by atoms with Crippen molar-refractivity contribution in [2.45, 2.75) is 58.0 Å². The molecular formula is C19H27N3O3. The van der Waals surface area contributed by atoms with E-state index >= 15 is 0 Å². The molecule has 0 bridgehead atoms. The Hall–Kier alpha value is -1.63. The van der Waals surface area contributed by atoms with Gasteiger partial charge >= 0.3 is 0 Å². The van der Waals surface area contributed by atoms with Gasteiger partial charge in [0.2, 0.25) is 0 Å². The molecule has 25 heavy (non-hydrogen) atoms. The molecule has 6 heteroatoms. The molecule has 0 unspecified atom stereocenters. The van der Waals surface area contributed by atoms with Crippen molar-refractivity contribution in [3.63, 3.8) is 0 Å². The van der Waals surface area contributed by atoms with E-state index in [4.69, 9.17) is 13.7 Å². The maximum atomic E-state index is 6.21. The van der Waals surface area contributed by atoms with Crippen LogP contribution in [0.1, 0.15) is 35.6 Å². The maximum absolute atomic E-state index is 6.21. The Morgan fingerprint density at radius 1 is 1.36 bits per heavy atom. The van der Waals surface area contributed by atoms with Gasteiger partial charge in [0.25, 0.3) is 0 Å². The van der Waals surface area contributed by atoms with Crippen LogP contribution in [0.25, 0.3) is 0 Å². The van der Waals surface area contributed by atoms with E-state index in [0.717, 1.165) is 49.9 Å². The van der Waals surface area contributed by atoms with Gasteiger partial charge in [0, 0.05) is 31.3 Å². The molecule has 136 valence electrons. The minimum absolute atomic E-state index is 0.259. The van der Waals surface area contributed by atoms with Gasteiger partial charge in [-0.25, -0.2) is 0 Å². The SMILES string of the molecule is Cc1noc(C)c1CN1C[C@@H](N(C)Cc2ccco2)[C@H]2OCCC[C@H]21. The van der Waals surface area contributed by atoms with Crippen LogP contribution in [0.2, 0.25) is 0 Å². The number of furan rings is 1. The average Bonchev–Trinajstić information content (AvgIpc) is 3.31. The molecule has 0 spiro atoms. The molecule has 0 amide bonds. The largest absolute Gasteiger partial charge is 0.468 e. The number of ether oxygens (including phenoxy) is 1. The molecule has 2 aromatic heterocycles. The van der Waals surface area contributed by atoms with Crippen molar-refractivity contribution in [2.24, 2.45) is 0 Å². The summed E-state index contributed by atoms with van der Waals surface area (Å²) < 4.78 is 17.1. The van der Waals surface area contributed by atoms with E-state index in [0.29, 0.717) is 12.1 Å². The van der Waals surface area contributed by atoms with Gasteiger partial charge in [-0.15, -0.1) is 0 Å². The van der Waals surface area contributed by atoms with Crippen molar-refractivity contribution < 1.29 is 13.7 Å². The Kier molecular flexibility index (Phi) is 4.67. The highest BCUT2D eigenvalue weighted by Crippen LogP contribution is 2.33. The zero-order valence-corrected chi connectivity index (χ0v) is 15.3. The summed E-state index contributed by atoms with van der Waals surface area (Å²) in [5, 5.41) is 4.11. The predicted octanol–water partition coefficient (Wildman–Crippen LogP) is 2.75. The summed E-state index contributed by atoms with van der Waals surface area (Å²) in [5.41, 5.74) is 2.22. The molecule has 4 heterocycles. The van der Waals surface area contributed by atoms with Gasteiger partial charge in [-0.3, -0.25) is 9.80 Å². The fraction of sp³-hybridized carbons (Fsp3) is 0.632. The van der Waals surface area contributed by atoms with Crippen LogP contribution in [-0.4, -0.2) is 53.3 Å². The third-order valence-corrected chi connectivity index (χ3v) is 5.70. The monoisotopic (exact) mass is 345 g/mol. The van der Waals surface area contributed by atoms with E-state index in [2.05, 4.69) is 22.0 Å². The van der Waals surface area contributed by atoms with Gasteiger partial charge in [0.1, 0.15) is 11.5 Å². The third-order valence-electron chi connectivity index (χ3n) is 5.70. The first-order valence-electron chi connectivity index (χ1n) is 9.13. The van der Waals surface area contributed by atoms with Gasteiger partial charge in [-0.2, -0.15) is 0 Å². The number of rotatable bonds is 5. The first-order valence-corrected chi connectivity index (χ1v) is 9.13. The van der Waals surface area contributed by atoms with Crippen LogP contribution in [0.4, 0.5) is 0 Å². The second-order valence-corrected chi connectivity index (χ2v) is 7.34. The lowest BCUT2D eigenvalue weighted by Crippen LogP contribution is -2.46. The molecule has 0 aromatic carbocycles. The minimum atomic E-state index is 0.259. The van der Waals surface area contributed by atoms with Crippen LogP contribution in [0, 0.1) is 13.8 Å². The normalized spacial score (nSPS) is 27.1. The predicted molar refractivity (Wildman–Crippen MR) is 93.1 cm³/mol. The average molecular weight is 345 g/mol. The lowest BCUT2D eigenvalue weighted by molar-refractivity contribution is -0.0392. The van der Waals surface area contributed by atoms with Crippen LogP contribution in [0.3, 0.4) is 0 Å². The summed E-state index contributed by atoms with van der Waals surface area (Å²) in [6, 6.07) is 4.82. The molecular weight excluding hydrogens is 318 g/mol. The zero-order valence-electron chi connectivity index (χ0n) is 15.3. The Balaban J connectivity index is 1.51. The summed E-state index contributed by atoms with van der Waals surface area (Å²) in [7, 11) is 2.17. The molecule has 3 atom stereocenters. The van der Waals surface area contributed by atoms with Crippen LogP contribution in [0.5, 0.6) is 0 Å². The number of nitrogens with zero attached hydrogens (tertiary/aromatic N) is 3. The van der Waals surface area contributed by atoms with Crippen molar-refractivity contribution in [1.29, 1.82) is 0 Å². The Labute approximate surface area is 148 Å². The van der Waals surface area contributed by atoms with Gasteiger partial charge in [-0.05, 0) is 45.9 Å². The Morgan fingerprint density at radius 2 is 2.24 bits per heavy atom. The number of fused-ring (bicyclic) bond motifs is 1. The van der Waals surface area contributed by atoms with E-state index in [1.165, 1.54) is 12.0 Å². The van der Waals surface area contributed by atoms with Gasteiger partial charge in [0.15, 0.2) is 0 Å². The number of aromatic nitrogens is 1. The summed E-state index contributed by atoms with van der Waals surface area (Å²) in [5.74, 6) is 1.93. The fourth-order valence-electron chi connectivity index (χ4n) is 4.29. The highest BCUT2D eigenvalue weighted by atomic mass is 16.5. The van der Waals surface area contributed by atoms with Crippen LogP contribution in [0.15, 0.2) is 27.3 Å². The summed E-state index contributed by atoms with van der Waals surface area (Å²) >= 11 is 0. The lowest BCUT2D eigenvalue weighted by atomic mass is 10.00. The number of likely N-dealkylation sites (tertiary alicyclic amines) is 1. The lowest BCUT2D eigenvalue weighted by Gasteiger charge is -2.34. The molecule has 2 aromatic rings. The molecule has 0 N–H and O–H groups in total. The van der Waals surface area contributed by atoms with Crippen molar-refractivity contribution in [2.75, 3.05) is 20.2 Å². The van der Waals surface area contributed by atoms with Gasteiger partial charge in [0.05, 0.1) is 30.6 Å². The molecule has 2 aliphatic rings. The second-order valence-electron chi connectivity index (χ2n) is 7.34. The molecule has 0 radical (unpaired) electrons. The Bertz CT molecular complexity index is 677. The molecule has 4 rings (SSSR count). The van der Waals surface area contributed by atoms with E-state index in [-0.39, 0.29) is 6.10 Å². The molecule has 0 aliphatic carbocycles. The van der Waals surface area contributed by atoms with E-state index < -0.39 is 0 Å². The summed E-state index contributed by atoms with van der Waals surface area (Å²) in [6.45, 7) is 7.58. The van der Waals surface area contributed by atoms with Crippen LogP contribution in [-0.2, 0) is 17.8 Å². The molecule has 2 saturated heterocycles. The van der Waals surface area contributed by atoms with Crippen molar-refractivity contribution in [3.8, 4) is 0 Å². The maximum Gasteiger partial charge on any atom is 0.138 e. The molecule has 6 nitrogen and oxygen atoms in total. The summed E-state index contributed by atoms with van der Waals surface area (Å²) in [4.78, 5) is 4.93. The number of likely N-dealkylation sites (N-methyl/N-ethyl adjacent to an activating group) is 1. The number of hydrogen-bond donors (Lipinski definition) is 0. The van der Waals surface area contributed by atoms with E-state index in [1.54, 1.807) is 6.26 Å². The first-order chi connectivity index (χ1) is 12.1. The third kappa shape index (κ3) is 3.26. The smallest absolute Gasteiger partial charge is 0.138 e. The molecule has 2 aliphatic heterocycles. The fourth-order valence-corrected chi connectivity index (χ4v) is 4.29. The quantitative estimate of drug-likeness (QED) is 0.830. The topological polar surface area (TPSA) is 54.9 Å². The number of hydrogen-bond acceptors (Lipinski definition) is 6. The van der Waals surface area contributed by atoms with Crippen molar-refractivity contribution in [1.82, 2.24) is 15.0 Å². The van der Waals surface area contributed by atoms with Crippen molar-refractivity contribution in [3.05, 3.63) is 41.2 Å². The van der Waals surface area contributed by atoms with Crippen LogP contribution < -0.4 is 0 Å². The molecule has 0 saturated carbocycles. The first kappa shape index (κ1) is 16.8. The summed E-state index contributed by atoms with van der Waals surface area (Å²) in [6.07, 6.45) is 4.32. The van der Waals surface area contributed by atoms with E-state index in [1.807, 2.05) is 26.0 Å². The van der Waals surface area contributed by atoms with Crippen LogP contribution >= 0.6 is 0 Å². The number of aryl methyl sites for hydroxylation is 2. The molecule has 2 fully saturated rings. The second kappa shape index (κ2) is 6.94. The van der Waals surface area contributed by atoms with Gasteiger partial charge < -0.3 is 13.7 Å². The zero-order chi connectivity index (χ0) is 17.4. The minimum Gasteiger partial charge on any atom is -0.468 e. The highest BCUT2D eigenvalue weighted by Gasteiger charge is 2.45. The van der Waals surface area contributed by atoms with Crippen molar-refractivity contribution >= 4 is 0 Å².